The molecule has 0 aliphatic carbocycles. The van der Waals surface area contributed by atoms with Crippen LogP contribution in [0.5, 0.6) is 0 Å². The van der Waals surface area contributed by atoms with Gasteiger partial charge in [-0.3, -0.25) is 4.79 Å². The monoisotopic (exact) mass is 221 g/mol. The molecule has 0 atom stereocenters. The zero-order valence-electron chi connectivity index (χ0n) is 8.97. The Labute approximate surface area is 93.5 Å². The highest BCUT2D eigenvalue weighted by Gasteiger charge is 2.15. The molecule has 0 spiro atoms. The topological polar surface area (TPSA) is 22.0 Å². The minimum absolute atomic E-state index is 0.511. The maximum absolute atomic E-state index is 11.0. The summed E-state index contributed by atoms with van der Waals surface area (Å²) in [6.45, 7) is 4.01. The van der Waals surface area contributed by atoms with Crippen LogP contribution in [0, 0.1) is 13.8 Å². The van der Waals surface area contributed by atoms with Gasteiger partial charge in [0.15, 0.2) is 6.29 Å². The van der Waals surface area contributed by atoms with Crippen molar-refractivity contribution in [2.45, 2.75) is 13.8 Å². The molecular formula is C12H12ClNO. The maximum Gasteiger partial charge on any atom is 0.153 e. The lowest BCUT2D eigenvalue weighted by atomic mass is 10.0. The van der Waals surface area contributed by atoms with E-state index in [9.17, 15) is 4.79 Å². The van der Waals surface area contributed by atoms with Crippen LogP contribution >= 0.6 is 11.6 Å². The molecule has 1 aromatic heterocycles. The van der Waals surface area contributed by atoms with E-state index in [0.717, 1.165) is 28.3 Å². The molecule has 2 aromatic rings. The van der Waals surface area contributed by atoms with Crippen LogP contribution in [0.4, 0.5) is 0 Å². The normalized spacial score (nSPS) is 10.9. The highest BCUT2D eigenvalue weighted by Crippen LogP contribution is 2.32. The lowest BCUT2D eigenvalue weighted by Gasteiger charge is -2.03. The Morgan fingerprint density at radius 2 is 1.87 bits per heavy atom. The standard InChI is InChI=1S/C12H12ClNO/c1-7-4-5-8(2)11-10(7)9(6-15)12(13)14(11)3/h4-6H,1-3H3. The minimum Gasteiger partial charge on any atom is -0.334 e. The number of carbonyl (C=O) groups excluding carboxylic acids is 1. The summed E-state index contributed by atoms with van der Waals surface area (Å²) in [6.07, 6.45) is 0.830. The fraction of sp³-hybridized carbons (Fsp3) is 0.250. The Balaban J connectivity index is 3.09. The average Bonchev–Trinajstić information content (AvgIpc) is 2.47. The van der Waals surface area contributed by atoms with Gasteiger partial charge in [0.1, 0.15) is 5.15 Å². The first-order valence-electron chi connectivity index (χ1n) is 4.77. The molecule has 3 heteroatoms. The summed E-state index contributed by atoms with van der Waals surface area (Å²) in [6, 6.07) is 4.06. The lowest BCUT2D eigenvalue weighted by molar-refractivity contribution is 0.112. The summed E-state index contributed by atoms with van der Waals surface area (Å²) < 4.78 is 1.86. The van der Waals surface area contributed by atoms with E-state index in [0.29, 0.717) is 10.7 Å². The Hall–Kier alpha value is -1.28. The predicted octanol–water partition coefficient (Wildman–Crippen LogP) is 3.26. The van der Waals surface area contributed by atoms with E-state index in [1.807, 2.05) is 37.6 Å². The summed E-state index contributed by atoms with van der Waals surface area (Å²) in [5.41, 5.74) is 3.85. The number of hydrogen-bond acceptors (Lipinski definition) is 1. The predicted molar refractivity (Wildman–Crippen MR) is 62.8 cm³/mol. The fourth-order valence-electron chi connectivity index (χ4n) is 2.06. The van der Waals surface area contributed by atoms with Crippen LogP contribution in [-0.2, 0) is 7.05 Å². The van der Waals surface area contributed by atoms with Crippen molar-refractivity contribution in [2.75, 3.05) is 0 Å². The van der Waals surface area contributed by atoms with Gasteiger partial charge in [0.25, 0.3) is 0 Å². The van der Waals surface area contributed by atoms with Crippen molar-refractivity contribution in [1.29, 1.82) is 0 Å². The molecular weight excluding hydrogens is 210 g/mol. The van der Waals surface area contributed by atoms with Crippen molar-refractivity contribution in [3.05, 3.63) is 34.0 Å². The van der Waals surface area contributed by atoms with Gasteiger partial charge in [0, 0.05) is 12.4 Å². The molecule has 2 rings (SSSR count). The van der Waals surface area contributed by atoms with Crippen molar-refractivity contribution in [1.82, 2.24) is 4.57 Å². The van der Waals surface area contributed by atoms with Gasteiger partial charge in [-0.05, 0) is 25.0 Å². The summed E-state index contributed by atoms with van der Waals surface area (Å²) in [5.74, 6) is 0. The summed E-state index contributed by atoms with van der Waals surface area (Å²) >= 11 is 6.11. The van der Waals surface area contributed by atoms with E-state index in [-0.39, 0.29) is 0 Å². The van der Waals surface area contributed by atoms with Gasteiger partial charge in [-0.25, -0.2) is 0 Å². The lowest BCUT2D eigenvalue weighted by Crippen LogP contribution is -1.89. The molecule has 0 N–H and O–H groups in total. The summed E-state index contributed by atoms with van der Waals surface area (Å²) in [7, 11) is 1.88. The van der Waals surface area contributed by atoms with Crippen LogP contribution in [0.3, 0.4) is 0 Å². The minimum atomic E-state index is 0.511. The zero-order chi connectivity index (χ0) is 11.2. The number of hydrogen-bond donors (Lipinski definition) is 0. The molecule has 0 aliphatic rings. The Kier molecular flexibility index (Phi) is 2.31. The molecule has 0 radical (unpaired) electrons. The number of aryl methyl sites for hydroxylation is 3. The van der Waals surface area contributed by atoms with Gasteiger partial charge in [-0.15, -0.1) is 0 Å². The zero-order valence-corrected chi connectivity index (χ0v) is 9.72. The number of benzene rings is 1. The molecule has 1 heterocycles. The van der Waals surface area contributed by atoms with Crippen LogP contribution in [0.2, 0.25) is 5.15 Å². The Morgan fingerprint density at radius 1 is 1.27 bits per heavy atom. The number of fused-ring (bicyclic) bond motifs is 1. The van der Waals surface area contributed by atoms with E-state index in [4.69, 9.17) is 11.6 Å². The molecule has 0 saturated carbocycles. The third kappa shape index (κ3) is 1.29. The van der Waals surface area contributed by atoms with Crippen molar-refractivity contribution >= 4 is 28.8 Å². The van der Waals surface area contributed by atoms with E-state index in [1.54, 1.807) is 0 Å². The quantitative estimate of drug-likeness (QED) is 0.678. The van der Waals surface area contributed by atoms with Gasteiger partial charge in [-0.1, -0.05) is 23.7 Å². The van der Waals surface area contributed by atoms with Crippen LogP contribution in [0.1, 0.15) is 21.5 Å². The number of aldehydes is 1. The molecule has 78 valence electrons. The van der Waals surface area contributed by atoms with Crippen molar-refractivity contribution in [3.8, 4) is 0 Å². The van der Waals surface area contributed by atoms with Crippen molar-refractivity contribution in [3.63, 3.8) is 0 Å². The highest BCUT2D eigenvalue weighted by atomic mass is 35.5. The van der Waals surface area contributed by atoms with E-state index in [1.165, 1.54) is 0 Å². The third-order valence-electron chi connectivity index (χ3n) is 2.83. The van der Waals surface area contributed by atoms with Gasteiger partial charge in [0.2, 0.25) is 0 Å². The first kappa shape index (κ1) is 10.2. The highest BCUT2D eigenvalue weighted by molar-refractivity contribution is 6.34. The second-order valence-corrected chi connectivity index (χ2v) is 4.16. The number of aromatic nitrogens is 1. The van der Waals surface area contributed by atoms with Crippen LogP contribution in [0.25, 0.3) is 10.9 Å². The second-order valence-electron chi connectivity index (χ2n) is 3.80. The second kappa shape index (κ2) is 3.38. The molecule has 0 bridgehead atoms. The number of halogens is 1. The van der Waals surface area contributed by atoms with E-state index < -0.39 is 0 Å². The molecule has 15 heavy (non-hydrogen) atoms. The molecule has 2 nitrogen and oxygen atoms in total. The SMILES string of the molecule is Cc1ccc(C)c2c1c(C=O)c(Cl)n2C. The van der Waals surface area contributed by atoms with Crippen LogP contribution < -0.4 is 0 Å². The Morgan fingerprint density at radius 3 is 2.47 bits per heavy atom. The smallest absolute Gasteiger partial charge is 0.153 e. The van der Waals surface area contributed by atoms with Gasteiger partial charge in [-0.2, -0.15) is 0 Å². The van der Waals surface area contributed by atoms with E-state index in [2.05, 4.69) is 0 Å². The molecule has 0 aliphatic heterocycles. The van der Waals surface area contributed by atoms with Crippen molar-refractivity contribution in [2.24, 2.45) is 7.05 Å². The maximum atomic E-state index is 11.0. The summed E-state index contributed by atoms with van der Waals surface area (Å²) in [4.78, 5) is 11.0. The number of carbonyl (C=O) groups is 1. The fourth-order valence-corrected chi connectivity index (χ4v) is 2.28. The van der Waals surface area contributed by atoms with Gasteiger partial charge < -0.3 is 4.57 Å². The van der Waals surface area contributed by atoms with Crippen molar-refractivity contribution < 1.29 is 4.79 Å². The van der Waals surface area contributed by atoms with Gasteiger partial charge in [0.05, 0.1) is 11.1 Å². The summed E-state index contributed by atoms with van der Waals surface area (Å²) in [5, 5.41) is 1.48. The Bertz CT molecular complexity index is 554. The molecule has 1 aromatic carbocycles. The van der Waals surface area contributed by atoms with Crippen LogP contribution in [0.15, 0.2) is 12.1 Å². The first-order chi connectivity index (χ1) is 7.07. The van der Waals surface area contributed by atoms with Crippen LogP contribution in [-0.4, -0.2) is 10.9 Å². The molecule has 0 amide bonds. The van der Waals surface area contributed by atoms with E-state index >= 15 is 0 Å². The largest absolute Gasteiger partial charge is 0.334 e. The molecule has 0 saturated heterocycles. The number of rotatable bonds is 1. The third-order valence-corrected chi connectivity index (χ3v) is 3.28. The van der Waals surface area contributed by atoms with Gasteiger partial charge >= 0.3 is 0 Å². The molecule has 0 fully saturated rings. The molecule has 0 unspecified atom stereocenters. The average molecular weight is 222 g/mol. The number of nitrogens with zero attached hydrogens (tertiary/aromatic N) is 1. The first-order valence-corrected chi connectivity index (χ1v) is 5.15.